The summed E-state index contributed by atoms with van der Waals surface area (Å²) in [6, 6.07) is 24.9. The molecule has 2 nitrogen and oxygen atoms in total. The van der Waals surface area contributed by atoms with Gasteiger partial charge in [0.25, 0.3) is 0 Å². The maximum absolute atomic E-state index is 13.1. The fraction of sp³-hybridized carbons (Fsp3) is 0.125. The Balaban J connectivity index is 1.88. The Morgan fingerprint density at radius 1 is 0.893 bits per heavy atom. The minimum atomic E-state index is 0.00610. The van der Waals surface area contributed by atoms with Crippen molar-refractivity contribution >= 4 is 35.1 Å². The van der Waals surface area contributed by atoms with Crippen molar-refractivity contribution in [3.05, 3.63) is 111 Å². The van der Waals surface area contributed by atoms with Gasteiger partial charge >= 0.3 is 0 Å². The minimum absolute atomic E-state index is 0.00610. The Bertz CT molecular complexity index is 968. The average molecular weight is 410 g/mol. The van der Waals surface area contributed by atoms with Crippen LogP contribution < -0.4 is 0 Å². The molecule has 0 saturated carbocycles. The van der Waals surface area contributed by atoms with Gasteiger partial charge in [-0.05, 0) is 36.4 Å². The Kier molecular flexibility index (Phi) is 7.05. The second-order valence-electron chi connectivity index (χ2n) is 6.70. The van der Waals surface area contributed by atoms with E-state index in [0.29, 0.717) is 27.7 Å². The number of halogens is 2. The van der Waals surface area contributed by atoms with Crippen molar-refractivity contribution in [3.8, 4) is 0 Å². The summed E-state index contributed by atoms with van der Waals surface area (Å²) in [6.07, 6.45) is 1.89. The zero-order valence-electron chi connectivity index (χ0n) is 15.6. The third-order valence-electron chi connectivity index (χ3n) is 4.35. The first-order valence-electron chi connectivity index (χ1n) is 9.01. The van der Waals surface area contributed by atoms with Crippen LogP contribution in [-0.4, -0.2) is 24.3 Å². The molecule has 0 aromatic heterocycles. The number of nitrogens with zero attached hydrogens (tertiary/aromatic N) is 1. The molecule has 0 bridgehead atoms. The predicted molar refractivity (Wildman–Crippen MR) is 118 cm³/mol. The number of likely N-dealkylation sites (N-methyl/N-ethyl adjacent to an activating group) is 1. The van der Waals surface area contributed by atoms with Crippen LogP contribution in [0.5, 0.6) is 0 Å². The van der Waals surface area contributed by atoms with Crippen LogP contribution in [0, 0.1) is 0 Å². The first-order valence-corrected chi connectivity index (χ1v) is 9.76. The van der Waals surface area contributed by atoms with Gasteiger partial charge in [0.15, 0.2) is 5.78 Å². The van der Waals surface area contributed by atoms with E-state index in [2.05, 4.69) is 17.0 Å². The lowest BCUT2D eigenvalue weighted by Crippen LogP contribution is -2.24. The molecule has 142 valence electrons. The zero-order chi connectivity index (χ0) is 19.9. The molecule has 0 aliphatic rings. The molecule has 0 radical (unpaired) electrons. The summed E-state index contributed by atoms with van der Waals surface area (Å²) < 4.78 is 0. The first-order chi connectivity index (χ1) is 13.5. The maximum Gasteiger partial charge on any atom is 0.190 e. The molecule has 0 heterocycles. The van der Waals surface area contributed by atoms with Crippen molar-refractivity contribution in [2.24, 2.45) is 0 Å². The van der Waals surface area contributed by atoms with Crippen LogP contribution >= 0.6 is 23.2 Å². The van der Waals surface area contributed by atoms with Gasteiger partial charge in [0.1, 0.15) is 0 Å². The van der Waals surface area contributed by atoms with E-state index in [1.807, 2.05) is 67.7 Å². The smallest absolute Gasteiger partial charge is 0.190 e. The van der Waals surface area contributed by atoms with Crippen LogP contribution in [0.1, 0.15) is 21.5 Å². The third-order valence-corrected chi connectivity index (χ3v) is 5.09. The number of hydrogen-bond acceptors (Lipinski definition) is 2. The highest BCUT2D eigenvalue weighted by atomic mass is 35.5. The van der Waals surface area contributed by atoms with Gasteiger partial charge < -0.3 is 0 Å². The van der Waals surface area contributed by atoms with Crippen LogP contribution in [-0.2, 0) is 6.54 Å². The number of ketones is 1. The summed E-state index contributed by atoms with van der Waals surface area (Å²) in [7, 11) is 2.01. The molecule has 0 amide bonds. The largest absolute Gasteiger partial charge is 0.298 e. The van der Waals surface area contributed by atoms with E-state index >= 15 is 0 Å². The molecular weight excluding hydrogens is 389 g/mol. The molecule has 0 spiro atoms. The van der Waals surface area contributed by atoms with Gasteiger partial charge in [-0.2, -0.15) is 0 Å². The van der Waals surface area contributed by atoms with Crippen LogP contribution in [0.3, 0.4) is 0 Å². The third kappa shape index (κ3) is 5.56. The molecule has 3 rings (SSSR count). The highest BCUT2D eigenvalue weighted by Gasteiger charge is 2.15. The van der Waals surface area contributed by atoms with E-state index in [9.17, 15) is 4.79 Å². The van der Waals surface area contributed by atoms with E-state index in [1.54, 1.807) is 12.1 Å². The number of rotatable bonds is 7. The van der Waals surface area contributed by atoms with E-state index in [0.717, 1.165) is 12.1 Å². The second-order valence-corrected chi connectivity index (χ2v) is 7.51. The van der Waals surface area contributed by atoms with Crippen molar-refractivity contribution in [2.75, 3.05) is 13.6 Å². The molecule has 4 heteroatoms. The number of carbonyl (C=O) groups excluding carboxylic acids is 1. The molecule has 0 aliphatic heterocycles. The monoisotopic (exact) mass is 409 g/mol. The summed E-state index contributed by atoms with van der Waals surface area (Å²) in [5, 5.41) is 0.968. The van der Waals surface area contributed by atoms with E-state index in [4.69, 9.17) is 23.2 Å². The molecule has 0 aliphatic carbocycles. The second kappa shape index (κ2) is 9.70. The van der Waals surface area contributed by atoms with Crippen molar-refractivity contribution in [2.45, 2.75) is 6.54 Å². The Labute approximate surface area is 176 Å². The minimum Gasteiger partial charge on any atom is -0.298 e. The lowest BCUT2D eigenvalue weighted by molar-refractivity contribution is 0.102. The van der Waals surface area contributed by atoms with Crippen molar-refractivity contribution < 1.29 is 4.79 Å². The standard InChI is InChI=1S/C24H21Cl2NO/c1-27(16-18-8-4-2-5-9-18)17-21(24(28)20-10-6-3-7-11-20)14-19-12-13-22(25)23(26)15-19/h2-15H,16-17H2,1H3/b21-14+. The van der Waals surface area contributed by atoms with E-state index in [-0.39, 0.29) is 5.78 Å². The number of carbonyl (C=O) groups is 1. The summed E-state index contributed by atoms with van der Waals surface area (Å²) in [6.45, 7) is 1.27. The molecule has 3 aromatic carbocycles. The zero-order valence-corrected chi connectivity index (χ0v) is 17.1. The number of Topliss-reactive ketones (excluding diaryl/α,β-unsaturated/α-hetero) is 1. The summed E-state index contributed by atoms with van der Waals surface area (Å²) in [5.74, 6) is 0.00610. The highest BCUT2D eigenvalue weighted by Crippen LogP contribution is 2.24. The lowest BCUT2D eigenvalue weighted by Gasteiger charge is -2.19. The molecule has 0 N–H and O–H groups in total. The molecule has 0 unspecified atom stereocenters. The number of hydrogen-bond donors (Lipinski definition) is 0. The molecular formula is C24H21Cl2NO. The van der Waals surface area contributed by atoms with E-state index < -0.39 is 0 Å². The van der Waals surface area contributed by atoms with Gasteiger partial charge in [0.2, 0.25) is 0 Å². The maximum atomic E-state index is 13.1. The highest BCUT2D eigenvalue weighted by molar-refractivity contribution is 6.42. The van der Waals surface area contributed by atoms with Crippen LogP contribution in [0.25, 0.3) is 6.08 Å². The summed E-state index contributed by atoms with van der Waals surface area (Å²) in [4.78, 5) is 15.3. The molecule has 3 aromatic rings. The van der Waals surface area contributed by atoms with Gasteiger partial charge in [0.05, 0.1) is 10.0 Å². The van der Waals surface area contributed by atoms with Gasteiger partial charge in [-0.15, -0.1) is 0 Å². The molecule has 0 atom stereocenters. The fourth-order valence-electron chi connectivity index (χ4n) is 3.00. The Morgan fingerprint density at radius 3 is 2.18 bits per heavy atom. The Morgan fingerprint density at radius 2 is 1.54 bits per heavy atom. The first kappa shape index (κ1) is 20.3. The Hall–Kier alpha value is -2.39. The van der Waals surface area contributed by atoms with Gasteiger partial charge in [0, 0.05) is 24.2 Å². The molecule has 28 heavy (non-hydrogen) atoms. The summed E-state index contributed by atoms with van der Waals surface area (Å²) >= 11 is 12.2. The van der Waals surface area contributed by atoms with Crippen molar-refractivity contribution in [1.29, 1.82) is 0 Å². The quantitative estimate of drug-likeness (QED) is 0.332. The molecule has 0 saturated heterocycles. The fourth-order valence-corrected chi connectivity index (χ4v) is 3.31. The molecule has 0 fully saturated rings. The lowest BCUT2D eigenvalue weighted by atomic mass is 10.0. The van der Waals surface area contributed by atoms with Gasteiger partial charge in [-0.1, -0.05) is 89.9 Å². The van der Waals surface area contributed by atoms with Crippen LogP contribution in [0.15, 0.2) is 84.4 Å². The van der Waals surface area contributed by atoms with Crippen molar-refractivity contribution in [1.82, 2.24) is 4.90 Å². The summed E-state index contributed by atoms with van der Waals surface area (Å²) in [5.41, 5.74) is 3.41. The van der Waals surface area contributed by atoms with Crippen LogP contribution in [0.2, 0.25) is 10.0 Å². The topological polar surface area (TPSA) is 20.3 Å². The predicted octanol–water partition coefficient (Wildman–Crippen LogP) is 6.39. The average Bonchev–Trinajstić information content (AvgIpc) is 2.71. The number of benzene rings is 3. The van der Waals surface area contributed by atoms with Gasteiger partial charge in [-0.25, -0.2) is 0 Å². The SMILES string of the molecule is CN(C/C(=C\c1ccc(Cl)c(Cl)c1)C(=O)c1ccccc1)Cc1ccccc1. The van der Waals surface area contributed by atoms with Crippen molar-refractivity contribution in [3.63, 3.8) is 0 Å². The van der Waals surface area contributed by atoms with E-state index in [1.165, 1.54) is 5.56 Å². The van der Waals surface area contributed by atoms with Gasteiger partial charge in [-0.3, -0.25) is 9.69 Å². The normalized spacial score (nSPS) is 11.6. The van der Waals surface area contributed by atoms with Crippen LogP contribution in [0.4, 0.5) is 0 Å².